The molecule has 0 aliphatic heterocycles. The van der Waals surface area contributed by atoms with Crippen LogP contribution >= 0.6 is 11.8 Å². The van der Waals surface area contributed by atoms with Crippen LogP contribution in [0.1, 0.15) is 16.9 Å². The Labute approximate surface area is 104 Å². The number of rotatable bonds is 5. The zero-order valence-corrected chi connectivity index (χ0v) is 10.2. The fourth-order valence-electron chi connectivity index (χ4n) is 1.56. The molecular weight excluding hydrogens is 237 g/mol. The van der Waals surface area contributed by atoms with E-state index >= 15 is 0 Å². The van der Waals surface area contributed by atoms with Crippen molar-refractivity contribution in [2.45, 2.75) is 18.1 Å². The third kappa shape index (κ3) is 3.11. The molecule has 1 aromatic heterocycles. The average molecular weight is 251 g/mol. The Balaban J connectivity index is 1.95. The lowest BCUT2D eigenvalue weighted by Gasteiger charge is -2.06. The van der Waals surface area contributed by atoms with Gasteiger partial charge in [-0.1, -0.05) is 18.2 Å². The fourth-order valence-corrected chi connectivity index (χ4v) is 2.47. The van der Waals surface area contributed by atoms with E-state index < -0.39 is 0 Å². The number of hydrogen-bond donors (Lipinski definition) is 1. The average Bonchev–Trinajstić information content (AvgIpc) is 2.84. The summed E-state index contributed by atoms with van der Waals surface area (Å²) < 4.78 is 19.0. The van der Waals surface area contributed by atoms with E-state index in [0.29, 0.717) is 16.9 Å². The van der Waals surface area contributed by atoms with E-state index in [0.717, 1.165) is 11.5 Å². The van der Waals surface area contributed by atoms with E-state index in [2.05, 4.69) is 0 Å². The minimum Gasteiger partial charge on any atom is -0.468 e. The van der Waals surface area contributed by atoms with Gasteiger partial charge in [0.05, 0.1) is 12.0 Å². The van der Waals surface area contributed by atoms with Crippen LogP contribution in [0.5, 0.6) is 0 Å². The number of hydrogen-bond acceptors (Lipinski definition) is 3. The van der Waals surface area contributed by atoms with Crippen LogP contribution in [0, 0.1) is 5.82 Å². The van der Waals surface area contributed by atoms with Crippen LogP contribution in [-0.4, -0.2) is 0 Å². The van der Waals surface area contributed by atoms with E-state index in [1.807, 2.05) is 18.2 Å². The monoisotopic (exact) mass is 251 g/mol. The molecule has 0 aliphatic rings. The molecule has 17 heavy (non-hydrogen) atoms. The highest BCUT2D eigenvalue weighted by Crippen LogP contribution is 2.21. The van der Waals surface area contributed by atoms with Crippen LogP contribution in [0.2, 0.25) is 0 Å². The maximum atomic E-state index is 13.8. The van der Waals surface area contributed by atoms with E-state index in [-0.39, 0.29) is 12.4 Å². The lowest BCUT2D eigenvalue weighted by Crippen LogP contribution is -2.02. The molecule has 2 aromatic rings. The first-order valence-corrected chi connectivity index (χ1v) is 6.53. The highest BCUT2D eigenvalue weighted by atomic mass is 32.2. The molecule has 0 fully saturated rings. The molecule has 4 heteroatoms. The Morgan fingerprint density at radius 3 is 2.65 bits per heavy atom. The molecule has 0 spiro atoms. The molecule has 0 atom stereocenters. The van der Waals surface area contributed by atoms with Gasteiger partial charge in [-0.15, -0.1) is 11.8 Å². The van der Waals surface area contributed by atoms with Gasteiger partial charge in [0.25, 0.3) is 0 Å². The molecule has 0 bridgehead atoms. The maximum Gasteiger partial charge on any atom is 0.131 e. The van der Waals surface area contributed by atoms with Crippen molar-refractivity contribution in [3.05, 3.63) is 59.3 Å². The lowest BCUT2D eigenvalue weighted by molar-refractivity contribution is 0.530. The van der Waals surface area contributed by atoms with Gasteiger partial charge >= 0.3 is 0 Å². The van der Waals surface area contributed by atoms with Crippen molar-refractivity contribution in [2.75, 3.05) is 0 Å². The van der Waals surface area contributed by atoms with Crippen molar-refractivity contribution >= 4 is 11.8 Å². The normalized spacial score (nSPS) is 10.7. The first-order chi connectivity index (χ1) is 8.31. The second kappa shape index (κ2) is 5.89. The summed E-state index contributed by atoms with van der Waals surface area (Å²) in [6.07, 6.45) is 1.64. The Kier molecular flexibility index (Phi) is 4.23. The fraction of sp³-hybridized carbons (Fsp3) is 0.231. The SMILES string of the molecule is NCc1cccc(CSCc2ccco2)c1F. The van der Waals surface area contributed by atoms with Crippen molar-refractivity contribution in [2.24, 2.45) is 5.73 Å². The van der Waals surface area contributed by atoms with Crippen molar-refractivity contribution in [3.63, 3.8) is 0 Å². The summed E-state index contributed by atoms with van der Waals surface area (Å²) in [4.78, 5) is 0. The third-order valence-corrected chi connectivity index (χ3v) is 3.46. The zero-order valence-electron chi connectivity index (χ0n) is 9.36. The topological polar surface area (TPSA) is 39.2 Å². The number of benzene rings is 1. The predicted octanol–water partition coefficient (Wildman–Crippen LogP) is 3.31. The molecule has 0 aliphatic carbocycles. The second-order valence-corrected chi connectivity index (χ2v) is 4.65. The summed E-state index contributed by atoms with van der Waals surface area (Å²) in [6, 6.07) is 9.12. The first kappa shape index (κ1) is 12.2. The lowest BCUT2D eigenvalue weighted by atomic mass is 10.1. The van der Waals surface area contributed by atoms with Crippen molar-refractivity contribution < 1.29 is 8.81 Å². The van der Waals surface area contributed by atoms with E-state index in [9.17, 15) is 4.39 Å². The van der Waals surface area contributed by atoms with Gasteiger partial charge in [-0.05, 0) is 17.7 Å². The maximum absolute atomic E-state index is 13.8. The van der Waals surface area contributed by atoms with Crippen LogP contribution in [0.3, 0.4) is 0 Å². The highest BCUT2D eigenvalue weighted by molar-refractivity contribution is 7.97. The molecule has 2 rings (SSSR count). The van der Waals surface area contributed by atoms with Crippen molar-refractivity contribution in [3.8, 4) is 0 Å². The second-order valence-electron chi connectivity index (χ2n) is 3.67. The summed E-state index contributed by atoms with van der Waals surface area (Å²) in [5.74, 6) is 2.10. The van der Waals surface area contributed by atoms with Crippen molar-refractivity contribution in [1.82, 2.24) is 0 Å². The third-order valence-electron chi connectivity index (χ3n) is 2.46. The largest absolute Gasteiger partial charge is 0.468 e. The summed E-state index contributed by atoms with van der Waals surface area (Å²) in [5.41, 5.74) is 6.73. The number of furan rings is 1. The molecule has 0 saturated carbocycles. The molecule has 0 radical (unpaired) electrons. The molecule has 2 nitrogen and oxygen atoms in total. The Hall–Kier alpha value is -1.26. The van der Waals surface area contributed by atoms with Crippen molar-refractivity contribution in [1.29, 1.82) is 0 Å². The number of nitrogens with two attached hydrogens (primary N) is 1. The van der Waals surface area contributed by atoms with Gasteiger partial charge < -0.3 is 10.2 Å². The van der Waals surface area contributed by atoms with Crippen LogP contribution in [0.15, 0.2) is 41.0 Å². The smallest absolute Gasteiger partial charge is 0.131 e. The Morgan fingerprint density at radius 2 is 1.94 bits per heavy atom. The van der Waals surface area contributed by atoms with Gasteiger partial charge in [0.2, 0.25) is 0 Å². The molecule has 1 heterocycles. The van der Waals surface area contributed by atoms with Gasteiger partial charge in [-0.2, -0.15) is 0 Å². The van der Waals surface area contributed by atoms with E-state index in [4.69, 9.17) is 10.2 Å². The molecule has 0 unspecified atom stereocenters. The predicted molar refractivity (Wildman–Crippen MR) is 68.0 cm³/mol. The standard InChI is InChI=1S/C13H14FNOS/c14-13-10(7-15)3-1-4-11(13)8-17-9-12-5-2-6-16-12/h1-6H,7-9,15H2. The number of halogens is 1. The van der Waals surface area contributed by atoms with Crippen LogP contribution in [0.25, 0.3) is 0 Å². The molecule has 1 aromatic carbocycles. The summed E-state index contributed by atoms with van der Waals surface area (Å²) in [7, 11) is 0. The molecule has 0 amide bonds. The molecule has 2 N–H and O–H groups in total. The Bertz CT molecular complexity index is 470. The van der Waals surface area contributed by atoms with Gasteiger partial charge in [0, 0.05) is 17.9 Å². The molecule has 0 saturated heterocycles. The quantitative estimate of drug-likeness (QED) is 0.886. The number of thioether (sulfide) groups is 1. The van der Waals surface area contributed by atoms with Gasteiger partial charge in [0.1, 0.15) is 11.6 Å². The van der Waals surface area contributed by atoms with Gasteiger partial charge in [-0.25, -0.2) is 4.39 Å². The first-order valence-electron chi connectivity index (χ1n) is 5.37. The molecular formula is C13H14FNOS. The minimum atomic E-state index is -0.179. The van der Waals surface area contributed by atoms with Crippen LogP contribution in [-0.2, 0) is 18.1 Å². The highest BCUT2D eigenvalue weighted by Gasteiger charge is 2.07. The van der Waals surface area contributed by atoms with E-state index in [1.165, 1.54) is 0 Å². The summed E-state index contributed by atoms with van der Waals surface area (Å²) in [5, 5.41) is 0. The molecule has 90 valence electrons. The Morgan fingerprint density at radius 1 is 1.12 bits per heavy atom. The van der Waals surface area contributed by atoms with Crippen LogP contribution < -0.4 is 5.73 Å². The zero-order chi connectivity index (χ0) is 12.1. The van der Waals surface area contributed by atoms with Gasteiger partial charge in [-0.3, -0.25) is 0 Å². The van der Waals surface area contributed by atoms with Gasteiger partial charge in [0.15, 0.2) is 0 Å². The van der Waals surface area contributed by atoms with E-state index in [1.54, 1.807) is 30.2 Å². The van der Waals surface area contributed by atoms with Crippen LogP contribution in [0.4, 0.5) is 4.39 Å². The minimum absolute atomic E-state index is 0.179. The summed E-state index contributed by atoms with van der Waals surface area (Å²) in [6.45, 7) is 0.239. The summed E-state index contributed by atoms with van der Waals surface area (Å²) >= 11 is 1.62.